The molecular formula is C20H24F2N6O3. The van der Waals surface area contributed by atoms with Crippen molar-refractivity contribution in [1.29, 1.82) is 0 Å². The number of cyclic esters (lactones) is 1. The maximum absolute atomic E-state index is 13.8. The second-order valence-corrected chi connectivity index (χ2v) is 7.22. The SMILES string of the molecule is NC(=O)C1CCCCC1.O=C1OCCCN1c1cccc(-c2nc(NF)ncc2F)n1. The zero-order valence-corrected chi connectivity index (χ0v) is 16.9. The van der Waals surface area contributed by atoms with E-state index in [2.05, 4.69) is 15.0 Å². The van der Waals surface area contributed by atoms with Crippen LogP contribution in [0.2, 0.25) is 0 Å². The van der Waals surface area contributed by atoms with Crippen molar-refractivity contribution in [3.8, 4) is 11.4 Å². The summed E-state index contributed by atoms with van der Waals surface area (Å²) in [5, 5.41) is 0. The normalized spacial score (nSPS) is 16.7. The lowest BCUT2D eigenvalue weighted by molar-refractivity contribution is -0.122. The first-order chi connectivity index (χ1) is 15.0. The minimum Gasteiger partial charge on any atom is -0.449 e. The summed E-state index contributed by atoms with van der Waals surface area (Å²) in [6.45, 7) is 0.819. The molecular weight excluding hydrogens is 410 g/mol. The lowest BCUT2D eigenvalue weighted by Crippen LogP contribution is -2.38. The fourth-order valence-corrected chi connectivity index (χ4v) is 3.44. The van der Waals surface area contributed by atoms with Crippen LogP contribution < -0.4 is 16.2 Å². The van der Waals surface area contributed by atoms with Crippen molar-refractivity contribution in [1.82, 2.24) is 15.0 Å². The van der Waals surface area contributed by atoms with Gasteiger partial charge in [-0.3, -0.25) is 9.69 Å². The van der Waals surface area contributed by atoms with Crippen LogP contribution in [-0.4, -0.2) is 40.1 Å². The second kappa shape index (κ2) is 10.6. The van der Waals surface area contributed by atoms with Crippen LogP contribution in [-0.2, 0) is 9.53 Å². The average Bonchev–Trinajstić information content (AvgIpc) is 2.81. The van der Waals surface area contributed by atoms with Crippen molar-refractivity contribution in [3.05, 3.63) is 30.2 Å². The fraction of sp³-hybridized carbons (Fsp3) is 0.450. The number of carbonyl (C=O) groups excluding carboxylic acids is 2. The number of halogens is 2. The fourth-order valence-electron chi connectivity index (χ4n) is 3.44. The summed E-state index contributed by atoms with van der Waals surface area (Å²) in [5.41, 5.74) is 6.37. The van der Waals surface area contributed by atoms with Crippen molar-refractivity contribution in [2.24, 2.45) is 11.7 Å². The number of pyridine rings is 1. The van der Waals surface area contributed by atoms with Crippen molar-refractivity contribution >= 4 is 23.8 Å². The molecule has 11 heteroatoms. The van der Waals surface area contributed by atoms with Crippen LogP contribution in [0.15, 0.2) is 24.4 Å². The quantitative estimate of drug-likeness (QED) is 0.707. The topological polar surface area (TPSA) is 123 Å². The summed E-state index contributed by atoms with van der Waals surface area (Å²) in [4.78, 5) is 35.0. The van der Waals surface area contributed by atoms with E-state index in [9.17, 15) is 18.5 Å². The highest BCUT2D eigenvalue weighted by atomic mass is 19.2. The first-order valence-electron chi connectivity index (χ1n) is 10.1. The van der Waals surface area contributed by atoms with E-state index in [1.54, 1.807) is 12.1 Å². The van der Waals surface area contributed by atoms with Gasteiger partial charge in [0.25, 0.3) is 5.95 Å². The van der Waals surface area contributed by atoms with Crippen LogP contribution in [0.3, 0.4) is 0 Å². The van der Waals surface area contributed by atoms with Crippen molar-refractivity contribution in [2.75, 3.05) is 23.6 Å². The van der Waals surface area contributed by atoms with Crippen LogP contribution in [0.5, 0.6) is 0 Å². The third-order valence-electron chi connectivity index (χ3n) is 5.06. The van der Waals surface area contributed by atoms with Gasteiger partial charge in [0.1, 0.15) is 11.5 Å². The molecule has 2 aromatic rings. The van der Waals surface area contributed by atoms with Crippen molar-refractivity contribution in [2.45, 2.75) is 38.5 Å². The first-order valence-corrected chi connectivity index (χ1v) is 10.1. The number of anilines is 2. The van der Waals surface area contributed by atoms with Crippen molar-refractivity contribution in [3.63, 3.8) is 0 Å². The largest absolute Gasteiger partial charge is 0.449 e. The Hall–Kier alpha value is -3.37. The number of hydrogen-bond acceptors (Lipinski definition) is 7. The summed E-state index contributed by atoms with van der Waals surface area (Å²) >= 11 is 0. The third kappa shape index (κ3) is 5.83. The van der Waals surface area contributed by atoms with Gasteiger partial charge in [-0.15, -0.1) is 4.48 Å². The van der Waals surface area contributed by atoms with Crippen molar-refractivity contribution < 1.29 is 23.2 Å². The number of nitrogens with one attached hydrogen (secondary N) is 1. The predicted octanol–water partition coefficient (Wildman–Crippen LogP) is 3.37. The molecule has 0 spiro atoms. The average molecular weight is 434 g/mol. The lowest BCUT2D eigenvalue weighted by atomic mass is 9.89. The minimum atomic E-state index is -0.745. The zero-order valence-electron chi connectivity index (χ0n) is 16.9. The molecule has 2 aromatic heterocycles. The standard InChI is InChI=1S/C13H11F2N5O2.C7H13NO/c14-8-7-16-12(19-15)18-11(8)9-3-1-4-10(17-9)20-5-2-6-22-13(20)21;8-7(9)6-4-2-1-3-5-6/h1,3-4,7H,2,5-6H2,(H,16,18,19);6H,1-5H2,(H2,8,9). The van der Waals surface area contributed by atoms with Gasteiger partial charge in [0, 0.05) is 12.5 Å². The highest BCUT2D eigenvalue weighted by molar-refractivity contribution is 5.87. The number of aromatic nitrogens is 3. The smallest absolute Gasteiger partial charge is 0.415 e. The first kappa shape index (κ1) is 22.3. The van der Waals surface area contributed by atoms with Gasteiger partial charge in [0.05, 0.1) is 18.5 Å². The molecule has 4 rings (SSSR count). The van der Waals surface area contributed by atoms with Crippen LogP contribution in [0.4, 0.5) is 25.4 Å². The van der Waals surface area contributed by atoms with Crippen LogP contribution in [0.1, 0.15) is 38.5 Å². The molecule has 2 fully saturated rings. The maximum Gasteiger partial charge on any atom is 0.415 e. The Bertz CT molecular complexity index is 924. The lowest BCUT2D eigenvalue weighted by Gasteiger charge is -2.25. The van der Waals surface area contributed by atoms with Gasteiger partial charge in [-0.25, -0.2) is 24.1 Å². The molecule has 3 heterocycles. The third-order valence-corrected chi connectivity index (χ3v) is 5.06. The number of primary amides is 1. The molecule has 1 saturated carbocycles. The number of hydrogen-bond donors (Lipinski definition) is 2. The molecule has 1 saturated heterocycles. The molecule has 1 aliphatic heterocycles. The molecule has 2 amide bonds. The molecule has 0 unspecified atom stereocenters. The maximum atomic E-state index is 13.8. The van der Waals surface area contributed by atoms with Gasteiger partial charge in [-0.1, -0.05) is 25.3 Å². The van der Waals surface area contributed by atoms with Crippen LogP contribution >= 0.6 is 0 Å². The van der Waals surface area contributed by atoms with Gasteiger partial charge in [0.2, 0.25) is 5.91 Å². The zero-order chi connectivity index (χ0) is 22.2. The number of nitrogens with two attached hydrogens (primary N) is 1. The summed E-state index contributed by atoms with van der Waals surface area (Å²) in [7, 11) is 0. The van der Waals surface area contributed by atoms with Gasteiger partial charge in [0.15, 0.2) is 5.82 Å². The molecule has 0 bridgehead atoms. The van der Waals surface area contributed by atoms with E-state index in [1.807, 2.05) is 0 Å². The van der Waals surface area contributed by atoms with E-state index in [0.29, 0.717) is 25.4 Å². The monoisotopic (exact) mass is 434 g/mol. The number of rotatable bonds is 4. The van der Waals surface area contributed by atoms with Gasteiger partial charge in [-0.2, -0.15) is 5.54 Å². The molecule has 0 aromatic carbocycles. The molecule has 1 aliphatic carbocycles. The van der Waals surface area contributed by atoms with Gasteiger partial charge in [-0.05, 0) is 31.4 Å². The Labute approximate surface area is 178 Å². The Morgan fingerprint density at radius 2 is 1.97 bits per heavy atom. The van der Waals surface area contributed by atoms with E-state index < -0.39 is 11.9 Å². The second-order valence-electron chi connectivity index (χ2n) is 7.22. The van der Waals surface area contributed by atoms with Crippen LogP contribution in [0.25, 0.3) is 11.4 Å². The Balaban J connectivity index is 0.000000254. The highest BCUT2D eigenvalue weighted by Gasteiger charge is 2.23. The summed E-state index contributed by atoms with van der Waals surface area (Å²) in [6, 6.07) is 4.71. The Morgan fingerprint density at radius 1 is 1.19 bits per heavy atom. The van der Waals surface area contributed by atoms with E-state index in [-0.39, 0.29) is 29.2 Å². The molecule has 2 aliphatic rings. The van der Waals surface area contributed by atoms with E-state index in [0.717, 1.165) is 19.0 Å². The number of nitrogens with zero attached hydrogens (tertiary/aromatic N) is 4. The molecule has 166 valence electrons. The van der Waals surface area contributed by atoms with E-state index in [1.165, 1.54) is 35.8 Å². The van der Waals surface area contributed by atoms with Gasteiger partial charge >= 0.3 is 6.09 Å². The highest BCUT2D eigenvalue weighted by Crippen LogP contribution is 2.24. The number of ether oxygens (including phenoxy) is 1. The summed E-state index contributed by atoms with van der Waals surface area (Å²) in [5.74, 6) is -0.714. The summed E-state index contributed by atoms with van der Waals surface area (Å²) in [6.07, 6.45) is 6.71. The van der Waals surface area contributed by atoms with Gasteiger partial charge < -0.3 is 10.5 Å². The van der Waals surface area contributed by atoms with Crippen LogP contribution in [0, 0.1) is 11.7 Å². The van der Waals surface area contributed by atoms with E-state index in [4.69, 9.17) is 10.5 Å². The predicted molar refractivity (Wildman–Crippen MR) is 109 cm³/mol. The molecule has 31 heavy (non-hydrogen) atoms. The Kier molecular flexibility index (Phi) is 7.63. The van der Waals surface area contributed by atoms with E-state index >= 15 is 0 Å². The number of amides is 2. The molecule has 0 radical (unpaired) electrons. The molecule has 9 nitrogen and oxygen atoms in total. The number of carbonyl (C=O) groups is 2. The minimum absolute atomic E-state index is 0.102. The summed E-state index contributed by atoms with van der Waals surface area (Å²) < 4.78 is 31.1. The Morgan fingerprint density at radius 3 is 2.61 bits per heavy atom. The molecule has 0 atom stereocenters. The molecule has 3 N–H and O–H groups in total.